The molecule has 5 heteroatoms. The van der Waals surface area contributed by atoms with Crippen LogP contribution in [0.5, 0.6) is 0 Å². The monoisotopic (exact) mass is 303 g/mol. The summed E-state index contributed by atoms with van der Waals surface area (Å²) in [4.78, 5) is 9.62. The predicted octanol–water partition coefficient (Wildman–Crippen LogP) is 3.94. The van der Waals surface area contributed by atoms with Crippen molar-refractivity contribution in [3.63, 3.8) is 0 Å². The average Bonchev–Trinajstić information content (AvgIpc) is 2.76. The van der Waals surface area contributed by atoms with Crippen molar-refractivity contribution in [2.75, 3.05) is 0 Å². The number of nitrogens with zero attached hydrogens (tertiary/aromatic N) is 2. The van der Waals surface area contributed by atoms with E-state index in [1.54, 1.807) is 17.5 Å². The van der Waals surface area contributed by atoms with Gasteiger partial charge in [-0.05, 0) is 19.1 Å². The molecule has 20 heavy (non-hydrogen) atoms. The van der Waals surface area contributed by atoms with Crippen LogP contribution in [0.3, 0.4) is 0 Å². The topological polar surface area (TPSA) is 37.8 Å². The fourth-order valence-corrected chi connectivity index (χ4v) is 3.56. The second-order valence-corrected chi connectivity index (χ2v) is 6.05. The number of aryl methyl sites for hydroxylation is 1. The van der Waals surface area contributed by atoms with Gasteiger partial charge in [0.05, 0.1) is 10.7 Å². The van der Waals surface area contributed by atoms with Crippen molar-refractivity contribution in [2.24, 2.45) is 0 Å². The van der Waals surface area contributed by atoms with E-state index in [-0.39, 0.29) is 0 Å². The van der Waals surface area contributed by atoms with Crippen molar-refractivity contribution in [3.05, 3.63) is 57.9 Å². The molecule has 0 radical (unpaired) electrons. The summed E-state index contributed by atoms with van der Waals surface area (Å²) in [7, 11) is 0. The molecule has 0 aliphatic heterocycles. The van der Waals surface area contributed by atoms with Crippen LogP contribution in [-0.2, 0) is 13.1 Å². The van der Waals surface area contributed by atoms with Gasteiger partial charge in [-0.1, -0.05) is 29.8 Å². The molecule has 0 aliphatic carbocycles. The highest BCUT2D eigenvalue weighted by atomic mass is 35.5. The van der Waals surface area contributed by atoms with Gasteiger partial charge in [-0.25, -0.2) is 9.97 Å². The van der Waals surface area contributed by atoms with E-state index in [1.165, 1.54) is 9.58 Å². The lowest BCUT2D eigenvalue weighted by Gasteiger charge is -2.03. The van der Waals surface area contributed by atoms with Crippen molar-refractivity contribution in [1.82, 2.24) is 15.3 Å². The molecule has 0 fully saturated rings. The maximum atomic E-state index is 6.41. The van der Waals surface area contributed by atoms with Gasteiger partial charge >= 0.3 is 0 Å². The highest BCUT2D eigenvalue weighted by molar-refractivity contribution is 7.19. The number of rotatable bonds is 4. The molecule has 3 nitrogen and oxygen atoms in total. The number of aromatic nitrogens is 2. The summed E-state index contributed by atoms with van der Waals surface area (Å²) in [6, 6.07) is 10.1. The van der Waals surface area contributed by atoms with Crippen molar-refractivity contribution >= 4 is 33.0 Å². The number of halogens is 1. The lowest BCUT2D eigenvalue weighted by molar-refractivity contribution is 0.682. The predicted molar refractivity (Wildman–Crippen MR) is 84.1 cm³/mol. The second kappa shape index (κ2) is 5.87. The van der Waals surface area contributed by atoms with Gasteiger partial charge in [0, 0.05) is 34.2 Å². The Hall–Kier alpha value is -1.49. The second-order valence-electron chi connectivity index (χ2n) is 4.53. The lowest BCUT2D eigenvalue weighted by Crippen LogP contribution is -2.13. The van der Waals surface area contributed by atoms with E-state index >= 15 is 0 Å². The summed E-state index contributed by atoms with van der Waals surface area (Å²) in [5.41, 5.74) is 0.995. The Labute approximate surface area is 126 Å². The van der Waals surface area contributed by atoms with Crippen molar-refractivity contribution in [2.45, 2.75) is 20.0 Å². The molecule has 0 unspecified atom stereocenters. The molecule has 3 aromatic rings. The number of hydrogen-bond acceptors (Lipinski definition) is 4. The van der Waals surface area contributed by atoms with E-state index < -0.39 is 0 Å². The van der Waals surface area contributed by atoms with Gasteiger partial charge in [-0.3, -0.25) is 0 Å². The summed E-state index contributed by atoms with van der Waals surface area (Å²) >= 11 is 8.14. The average molecular weight is 304 g/mol. The molecular weight excluding hydrogens is 290 g/mol. The molecule has 0 atom stereocenters. The lowest BCUT2D eigenvalue weighted by atomic mass is 10.2. The zero-order valence-electron chi connectivity index (χ0n) is 11.1. The Morgan fingerprint density at radius 1 is 1.20 bits per heavy atom. The standard InChI is InChI=1S/C15H14ClN3S/c1-10-18-7-6-11(19-10)8-17-9-14-15(16)12-4-2-3-5-13(12)20-14/h2-7,17H,8-9H2,1H3. The third-order valence-corrected chi connectivity index (χ3v) is 4.74. The smallest absolute Gasteiger partial charge is 0.125 e. The van der Waals surface area contributed by atoms with Gasteiger partial charge in [-0.15, -0.1) is 11.3 Å². The van der Waals surface area contributed by atoms with E-state index in [4.69, 9.17) is 11.6 Å². The summed E-state index contributed by atoms with van der Waals surface area (Å²) in [6.45, 7) is 3.36. The van der Waals surface area contributed by atoms with E-state index in [0.717, 1.165) is 28.5 Å². The van der Waals surface area contributed by atoms with Crippen molar-refractivity contribution in [1.29, 1.82) is 0 Å². The van der Waals surface area contributed by atoms with E-state index in [2.05, 4.69) is 27.4 Å². The zero-order valence-corrected chi connectivity index (χ0v) is 12.6. The van der Waals surface area contributed by atoms with Crippen LogP contribution in [0.2, 0.25) is 5.02 Å². The molecule has 0 aliphatic rings. The van der Waals surface area contributed by atoms with Gasteiger partial charge in [0.25, 0.3) is 0 Å². The molecule has 0 spiro atoms. The first-order valence-corrected chi connectivity index (χ1v) is 7.58. The van der Waals surface area contributed by atoms with Crippen LogP contribution >= 0.6 is 22.9 Å². The Bertz CT molecular complexity index is 739. The van der Waals surface area contributed by atoms with Crippen LogP contribution in [0.4, 0.5) is 0 Å². The number of fused-ring (bicyclic) bond motifs is 1. The third-order valence-electron chi connectivity index (χ3n) is 3.03. The van der Waals surface area contributed by atoms with E-state index in [1.807, 2.05) is 25.1 Å². The molecule has 102 valence electrons. The van der Waals surface area contributed by atoms with Crippen LogP contribution in [0.15, 0.2) is 36.5 Å². The summed E-state index contributed by atoms with van der Waals surface area (Å²) < 4.78 is 1.23. The maximum absolute atomic E-state index is 6.41. The summed E-state index contributed by atoms with van der Waals surface area (Å²) in [5.74, 6) is 0.796. The molecule has 0 saturated heterocycles. The van der Waals surface area contributed by atoms with Crippen LogP contribution in [0.1, 0.15) is 16.4 Å². The minimum Gasteiger partial charge on any atom is -0.306 e. The normalized spacial score (nSPS) is 11.1. The fraction of sp³-hybridized carbons (Fsp3) is 0.200. The highest BCUT2D eigenvalue weighted by Crippen LogP contribution is 2.34. The first-order valence-electron chi connectivity index (χ1n) is 6.39. The van der Waals surface area contributed by atoms with Gasteiger partial charge < -0.3 is 5.32 Å². The molecule has 2 aromatic heterocycles. The highest BCUT2D eigenvalue weighted by Gasteiger charge is 2.09. The Morgan fingerprint density at radius 3 is 2.85 bits per heavy atom. The van der Waals surface area contributed by atoms with Crippen LogP contribution < -0.4 is 5.32 Å². The molecule has 3 rings (SSSR count). The zero-order chi connectivity index (χ0) is 13.9. The van der Waals surface area contributed by atoms with Gasteiger partial charge in [0.15, 0.2) is 0 Å². The molecule has 1 N–H and O–H groups in total. The first-order chi connectivity index (χ1) is 9.74. The first kappa shape index (κ1) is 13.5. The molecule has 0 saturated carbocycles. The number of nitrogens with one attached hydrogen (secondary N) is 1. The number of thiophene rings is 1. The molecule has 1 aromatic carbocycles. The quantitative estimate of drug-likeness (QED) is 0.793. The van der Waals surface area contributed by atoms with Crippen molar-refractivity contribution < 1.29 is 0 Å². The maximum Gasteiger partial charge on any atom is 0.125 e. The van der Waals surface area contributed by atoms with Gasteiger partial charge in [0.2, 0.25) is 0 Å². The van der Waals surface area contributed by atoms with E-state index in [9.17, 15) is 0 Å². The largest absolute Gasteiger partial charge is 0.306 e. The van der Waals surface area contributed by atoms with Crippen LogP contribution in [0, 0.1) is 6.92 Å². The fourth-order valence-electron chi connectivity index (χ4n) is 2.09. The number of benzene rings is 1. The summed E-state index contributed by atoms with van der Waals surface area (Å²) in [6.07, 6.45) is 1.78. The summed E-state index contributed by atoms with van der Waals surface area (Å²) in [5, 5.41) is 5.37. The van der Waals surface area contributed by atoms with Crippen molar-refractivity contribution in [3.8, 4) is 0 Å². The van der Waals surface area contributed by atoms with Crippen LogP contribution in [-0.4, -0.2) is 9.97 Å². The van der Waals surface area contributed by atoms with Crippen LogP contribution in [0.25, 0.3) is 10.1 Å². The number of hydrogen-bond donors (Lipinski definition) is 1. The van der Waals surface area contributed by atoms with Gasteiger partial charge in [0.1, 0.15) is 5.82 Å². The molecule has 0 amide bonds. The SMILES string of the molecule is Cc1nccc(CNCc2sc3ccccc3c2Cl)n1. The Balaban J connectivity index is 1.69. The minimum absolute atomic E-state index is 0.716. The Kier molecular flexibility index (Phi) is 3.96. The van der Waals surface area contributed by atoms with Gasteiger partial charge in [-0.2, -0.15) is 0 Å². The molecule has 2 heterocycles. The van der Waals surface area contributed by atoms with E-state index in [0.29, 0.717) is 6.54 Å². The molecule has 0 bridgehead atoms. The third kappa shape index (κ3) is 2.82. The Morgan fingerprint density at radius 2 is 2.05 bits per heavy atom. The minimum atomic E-state index is 0.716. The molecular formula is C15H14ClN3S.